The van der Waals surface area contributed by atoms with E-state index in [4.69, 9.17) is 5.73 Å². The number of nitrogen functional groups attached to an aromatic ring is 1. The van der Waals surface area contributed by atoms with E-state index in [1.165, 1.54) is 0 Å². The first-order valence-electron chi connectivity index (χ1n) is 4.12. The molecule has 10 heteroatoms. The molecule has 2 aromatic heterocycles. The van der Waals surface area contributed by atoms with Gasteiger partial charge in [-0.2, -0.15) is 13.2 Å². The predicted molar refractivity (Wildman–Crippen MR) is 47.4 cm³/mol. The zero-order valence-corrected chi connectivity index (χ0v) is 7.97. The molecule has 0 aromatic carbocycles. The van der Waals surface area contributed by atoms with E-state index in [1.807, 2.05) is 0 Å². The Bertz CT molecular complexity index is 578. The van der Waals surface area contributed by atoms with E-state index >= 15 is 0 Å². The molecule has 0 unspecified atom stereocenters. The van der Waals surface area contributed by atoms with Gasteiger partial charge in [-0.3, -0.25) is 0 Å². The summed E-state index contributed by atoms with van der Waals surface area (Å²) in [5, 5.41) is 0. The van der Waals surface area contributed by atoms with Crippen LogP contribution in [0.5, 0.6) is 0 Å². The van der Waals surface area contributed by atoms with Crippen LogP contribution in [0, 0.1) is 0 Å². The summed E-state index contributed by atoms with van der Waals surface area (Å²) in [6.45, 7) is 0. The zero-order valence-electron chi connectivity index (χ0n) is 7.97. The van der Waals surface area contributed by atoms with Crippen molar-refractivity contribution >= 4 is 23.0 Å². The molecule has 0 radical (unpaired) electrons. The summed E-state index contributed by atoms with van der Waals surface area (Å²) in [5.41, 5.74) is 5.31. The highest BCUT2D eigenvalue weighted by molar-refractivity contribution is 5.82. The molecule has 0 amide bonds. The van der Waals surface area contributed by atoms with Gasteiger partial charge in [0, 0.05) is 0 Å². The maximum atomic E-state index is 12.0. The van der Waals surface area contributed by atoms with E-state index in [9.17, 15) is 18.0 Å². The number of alkyl halides is 3. The Hall–Kier alpha value is -2.39. The number of aromatic nitrogens is 4. The molecule has 0 spiro atoms. The van der Waals surface area contributed by atoms with Crippen LogP contribution in [0.4, 0.5) is 19.0 Å². The smallest absolute Gasteiger partial charge is 0.382 e. The summed E-state index contributed by atoms with van der Waals surface area (Å²) < 4.78 is 36.3. The second-order valence-corrected chi connectivity index (χ2v) is 2.88. The summed E-state index contributed by atoms with van der Waals surface area (Å²) in [7, 11) is 0. The molecule has 7 nitrogen and oxygen atoms in total. The van der Waals surface area contributed by atoms with Gasteiger partial charge in [-0.15, -0.1) is 4.73 Å². The van der Waals surface area contributed by atoms with Crippen molar-refractivity contribution in [3.63, 3.8) is 0 Å². The first-order valence-corrected chi connectivity index (χ1v) is 4.12. The quantitative estimate of drug-likeness (QED) is 0.757. The highest BCUT2D eigenvalue weighted by Crippen LogP contribution is 2.17. The number of imidazole rings is 1. The zero-order chi connectivity index (χ0) is 12.6. The van der Waals surface area contributed by atoms with Crippen LogP contribution in [-0.2, 0) is 4.79 Å². The number of hydrogen-bond donors (Lipinski definition) is 1. The van der Waals surface area contributed by atoms with Crippen molar-refractivity contribution in [3.8, 4) is 0 Å². The third-order valence-corrected chi connectivity index (χ3v) is 1.74. The predicted octanol–water partition coefficient (Wildman–Crippen LogP) is -0.0740. The van der Waals surface area contributed by atoms with Crippen molar-refractivity contribution in [2.24, 2.45) is 0 Å². The topological polar surface area (TPSA) is 95.9 Å². The van der Waals surface area contributed by atoms with Gasteiger partial charge in [0.05, 0.1) is 0 Å². The van der Waals surface area contributed by atoms with Gasteiger partial charge >= 0.3 is 12.1 Å². The van der Waals surface area contributed by atoms with Gasteiger partial charge in [0.25, 0.3) is 0 Å². The fourth-order valence-corrected chi connectivity index (χ4v) is 1.04. The van der Waals surface area contributed by atoms with Gasteiger partial charge in [0.1, 0.15) is 12.7 Å². The lowest BCUT2D eigenvalue weighted by atomic mass is 10.5. The number of halogens is 3. The normalized spacial score (nSPS) is 11.7. The molecule has 17 heavy (non-hydrogen) atoms. The lowest BCUT2D eigenvalue weighted by molar-refractivity contribution is -0.199. The summed E-state index contributed by atoms with van der Waals surface area (Å²) in [4.78, 5) is 25.4. The SMILES string of the molecule is Nc1ncnc2c1ncn2OC(=O)C(F)(F)F. The van der Waals surface area contributed by atoms with E-state index in [0.717, 1.165) is 12.7 Å². The van der Waals surface area contributed by atoms with E-state index in [-0.39, 0.29) is 17.0 Å². The molecule has 2 N–H and O–H groups in total. The molecule has 90 valence electrons. The molecule has 0 saturated heterocycles. The Morgan fingerprint density at radius 3 is 2.71 bits per heavy atom. The van der Waals surface area contributed by atoms with Crippen LogP contribution in [0.3, 0.4) is 0 Å². The first-order chi connectivity index (χ1) is 7.89. The molecular weight excluding hydrogens is 243 g/mol. The van der Waals surface area contributed by atoms with Gasteiger partial charge in [0.2, 0.25) is 5.65 Å². The Morgan fingerprint density at radius 1 is 1.35 bits per heavy atom. The summed E-state index contributed by atoms with van der Waals surface area (Å²) in [5.74, 6) is -2.41. The molecule has 0 saturated carbocycles. The maximum absolute atomic E-state index is 12.0. The summed E-state index contributed by atoms with van der Waals surface area (Å²) >= 11 is 0. The van der Waals surface area contributed by atoms with Gasteiger partial charge < -0.3 is 10.6 Å². The number of rotatable bonds is 1. The number of anilines is 1. The largest absolute Gasteiger partial charge is 0.493 e. The van der Waals surface area contributed by atoms with Crippen LogP contribution in [-0.4, -0.2) is 31.8 Å². The monoisotopic (exact) mass is 247 g/mol. The van der Waals surface area contributed by atoms with Crippen LogP contribution in [0.1, 0.15) is 0 Å². The molecule has 2 aromatic rings. The minimum Gasteiger partial charge on any atom is -0.382 e. The van der Waals surface area contributed by atoms with Crippen molar-refractivity contribution in [2.45, 2.75) is 6.18 Å². The first kappa shape index (κ1) is 11.1. The second kappa shape index (κ2) is 3.57. The van der Waals surface area contributed by atoms with Crippen molar-refractivity contribution in [2.75, 3.05) is 5.73 Å². The lowest BCUT2D eigenvalue weighted by Crippen LogP contribution is -2.33. The molecule has 2 heterocycles. The minimum atomic E-state index is -5.10. The van der Waals surface area contributed by atoms with Gasteiger partial charge in [0.15, 0.2) is 11.3 Å². The third kappa shape index (κ3) is 1.96. The fourth-order valence-electron chi connectivity index (χ4n) is 1.04. The van der Waals surface area contributed by atoms with E-state index in [2.05, 4.69) is 19.8 Å². The molecule has 0 aliphatic heterocycles. The molecule has 2 rings (SSSR count). The van der Waals surface area contributed by atoms with Crippen LogP contribution >= 0.6 is 0 Å². The number of carbonyl (C=O) groups is 1. The van der Waals surface area contributed by atoms with E-state index in [0.29, 0.717) is 4.73 Å². The molecule has 0 atom stereocenters. The highest BCUT2D eigenvalue weighted by Gasteiger charge is 2.42. The van der Waals surface area contributed by atoms with E-state index in [1.54, 1.807) is 0 Å². The lowest BCUT2D eigenvalue weighted by Gasteiger charge is -2.06. The van der Waals surface area contributed by atoms with Crippen molar-refractivity contribution in [1.29, 1.82) is 0 Å². The fraction of sp³-hybridized carbons (Fsp3) is 0.143. The minimum absolute atomic E-state index is 0.0307. The number of hydrogen-bond acceptors (Lipinski definition) is 6. The van der Waals surface area contributed by atoms with Crippen molar-refractivity contribution in [1.82, 2.24) is 19.7 Å². The van der Waals surface area contributed by atoms with Gasteiger partial charge in [-0.1, -0.05) is 0 Å². The molecule has 0 aliphatic rings. The van der Waals surface area contributed by atoms with Crippen molar-refractivity contribution in [3.05, 3.63) is 12.7 Å². The van der Waals surface area contributed by atoms with E-state index < -0.39 is 12.1 Å². The molecular formula is C7H4F3N5O2. The average molecular weight is 247 g/mol. The number of fused-ring (bicyclic) bond motifs is 1. The van der Waals surface area contributed by atoms with Crippen LogP contribution in [0.15, 0.2) is 12.7 Å². The number of nitrogens with zero attached hydrogens (tertiary/aromatic N) is 4. The average Bonchev–Trinajstić information content (AvgIpc) is 2.62. The third-order valence-electron chi connectivity index (χ3n) is 1.74. The Balaban J connectivity index is 2.38. The van der Waals surface area contributed by atoms with Gasteiger partial charge in [-0.05, 0) is 0 Å². The Kier molecular flexibility index (Phi) is 2.33. The van der Waals surface area contributed by atoms with Gasteiger partial charge in [-0.25, -0.2) is 19.7 Å². The van der Waals surface area contributed by atoms with Crippen LogP contribution < -0.4 is 10.6 Å². The second-order valence-electron chi connectivity index (χ2n) is 2.88. The highest BCUT2D eigenvalue weighted by atomic mass is 19.4. The maximum Gasteiger partial charge on any atom is 0.493 e. The van der Waals surface area contributed by atoms with Crippen LogP contribution in [0.25, 0.3) is 11.2 Å². The Labute approximate surface area is 91.0 Å². The van der Waals surface area contributed by atoms with Crippen molar-refractivity contribution < 1.29 is 22.8 Å². The summed E-state index contributed by atoms with van der Waals surface area (Å²) in [6.07, 6.45) is -3.24. The molecule has 0 fully saturated rings. The molecule has 0 bridgehead atoms. The molecule has 0 aliphatic carbocycles. The Morgan fingerprint density at radius 2 is 2.06 bits per heavy atom. The standard InChI is InChI=1S/C7H4F3N5O2/c8-7(9,10)6(16)17-15-2-14-3-4(11)12-1-13-5(3)15/h1-2H,(H2,11,12,13). The summed E-state index contributed by atoms with van der Waals surface area (Å²) in [6, 6.07) is 0. The number of carbonyl (C=O) groups excluding carboxylic acids is 1. The number of nitrogens with two attached hydrogens (primary N) is 1. The van der Waals surface area contributed by atoms with Crippen LogP contribution in [0.2, 0.25) is 0 Å².